The van der Waals surface area contributed by atoms with Crippen molar-refractivity contribution in [3.8, 4) is 0 Å². The van der Waals surface area contributed by atoms with E-state index in [1.807, 2.05) is 0 Å². The number of anilines is 1. The molecule has 8 heteroatoms. The minimum atomic E-state index is -3.90. The van der Waals surface area contributed by atoms with Crippen molar-refractivity contribution < 1.29 is 22.3 Å². The summed E-state index contributed by atoms with van der Waals surface area (Å²) in [6.07, 6.45) is 0. The van der Waals surface area contributed by atoms with E-state index in [-0.39, 0.29) is 21.0 Å². The van der Waals surface area contributed by atoms with Crippen molar-refractivity contribution in [3.63, 3.8) is 0 Å². The molecule has 2 N–H and O–H groups in total. The molecule has 0 bridgehead atoms. The first kappa shape index (κ1) is 14.0. The van der Waals surface area contributed by atoms with Crippen LogP contribution in [0.5, 0.6) is 0 Å². The molecule has 0 aliphatic rings. The number of hydrogen-bond donors (Lipinski definition) is 2. The number of nitrogens with one attached hydrogen (secondary N) is 1. The predicted molar refractivity (Wildman–Crippen MR) is 69.5 cm³/mol. The molecule has 0 fully saturated rings. The van der Waals surface area contributed by atoms with Gasteiger partial charge in [0, 0.05) is 0 Å². The lowest BCUT2D eigenvalue weighted by Gasteiger charge is -2.06. The minimum absolute atomic E-state index is 0.140. The summed E-state index contributed by atoms with van der Waals surface area (Å²) in [5.74, 6) is -0.357. The van der Waals surface area contributed by atoms with Gasteiger partial charge in [-0.2, -0.15) is 8.42 Å². The van der Waals surface area contributed by atoms with Crippen LogP contribution in [0, 0.1) is 5.82 Å². The molecule has 102 valence electrons. The SMILES string of the molecule is O=S(=O)(Nc1ccc(F)c(Br)c1)c1ccc(CO)o1. The molecule has 0 saturated carbocycles. The molecular formula is C11H9BrFNO4S. The fraction of sp³-hybridized carbons (Fsp3) is 0.0909. The summed E-state index contributed by atoms with van der Waals surface area (Å²) in [7, 11) is -3.90. The monoisotopic (exact) mass is 349 g/mol. The molecule has 0 aliphatic heterocycles. The number of sulfonamides is 1. The maximum Gasteiger partial charge on any atom is 0.295 e. The molecule has 0 unspecified atom stereocenters. The van der Waals surface area contributed by atoms with Crippen molar-refractivity contribution in [1.82, 2.24) is 0 Å². The van der Waals surface area contributed by atoms with Gasteiger partial charge in [0.1, 0.15) is 18.2 Å². The Morgan fingerprint density at radius 2 is 2.05 bits per heavy atom. The molecular weight excluding hydrogens is 341 g/mol. The van der Waals surface area contributed by atoms with Gasteiger partial charge in [0.15, 0.2) is 0 Å². The fourth-order valence-electron chi connectivity index (χ4n) is 1.35. The highest BCUT2D eigenvalue weighted by Crippen LogP contribution is 2.23. The first-order valence-corrected chi connectivity index (χ1v) is 7.37. The normalized spacial score (nSPS) is 11.5. The number of halogens is 2. The van der Waals surface area contributed by atoms with E-state index in [4.69, 9.17) is 9.52 Å². The quantitative estimate of drug-likeness (QED) is 0.888. The first-order valence-electron chi connectivity index (χ1n) is 5.10. The van der Waals surface area contributed by atoms with E-state index < -0.39 is 22.4 Å². The smallest absolute Gasteiger partial charge is 0.295 e. The average molecular weight is 350 g/mol. The Morgan fingerprint density at radius 1 is 1.32 bits per heavy atom. The van der Waals surface area contributed by atoms with Crippen LogP contribution in [0.2, 0.25) is 0 Å². The molecule has 0 amide bonds. The summed E-state index contributed by atoms with van der Waals surface area (Å²) in [6, 6.07) is 6.29. The number of benzene rings is 1. The van der Waals surface area contributed by atoms with Crippen molar-refractivity contribution in [3.05, 3.63) is 46.4 Å². The molecule has 0 aliphatic carbocycles. The summed E-state index contributed by atoms with van der Waals surface area (Å²) in [5.41, 5.74) is 0.190. The van der Waals surface area contributed by atoms with E-state index in [9.17, 15) is 12.8 Å². The number of hydrogen-bond acceptors (Lipinski definition) is 4. The van der Waals surface area contributed by atoms with Gasteiger partial charge in [0.25, 0.3) is 10.0 Å². The first-order chi connectivity index (χ1) is 8.92. The zero-order chi connectivity index (χ0) is 14.0. The van der Waals surface area contributed by atoms with Gasteiger partial charge < -0.3 is 9.52 Å². The minimum Gasteiger partial charge on any atom is -0.445 e. The molecule has 0 atom stereocenters. The van der Waals surface area contributed by atoms with Gasteiger partial charge in [-0.05, 0) is 46.3 Å². The van der Waals surface area contributed by atoms with Gasteiger partial charge in [0.2, 0.25) is 5.09 Å². The summed E-state index contributed by atoms with van der Waals surface area (Å²) >= 11 is 2.96. The summed E-state index contributed by atoms with van der Waals surface area (Å²) < 4.78 is 44.2. The van der Waals surface area contributed by atoms with Crippen molar-refractivity contribution in [2.45, 2.75) is 11.7 Å². The van der Waals surface area contributed by atoms with E-state index in [0.717, 1.165) is 6.07 Å². The number of rotatable bonds is 4. The number of furan rings is 1. The van der Waals surface area contributed by atoms with E-state index in [2.05, 4.69) is 20.7 Å². The van der Waals surface area contributed by atoms with Gasteiger partial charge in [-0.1, -0.05) is 0 Å². The van der Waals surface area contributed by atoms with Crippen molar-refractivity contribution in [1.29, 1.82) is 0 Å². The Labute approximate surface area is 117 Å². The number of aliphatic hydroxyl groups excluding tert-OH is 1. The van der Waals surface area contributed by atoms with Crippen LogP contribution in [0.15, 0.2) is 44.3 Å². The molecule has 5 nitrogen and oxygen atoms in total. The molecule has 2 aromatic rings. The van der Waals surface area contributed by atoms with Crippen molar-refractivity contribution >= 4 is 31.6 Å². The van der Waals surface area contributed by atoms with Gasteiger partial charge in [-0.3, -0.25) is 4.72 Å². The maximum absolute atomic E-state index is 13.0. The van der Waals surface area contributed by atoms with Crippen LogP contribution in [-0.4, -0.2) is 13.5 Å². The van der Waals surface area contributed by atoms with Crippen LogP contribution in [-0.2, 0) is 16.6 Å². The fourth-order valence-corrected chi connectivity index (χ4v) is 2.73. The van der Waals surface area contributed by atoms with Crippen molar-refractivity contribution in [2.24, 2.45) is 0 Å². The second kappa shape index (κ2) is 5.32. The van der Waals surface area contributed by atoms with Crippen molar-refractivity contribution in [2.75, 3.05) is 4.72 Å². The molecule has 0 radical (unpaired) electrons. The average Bonchev–Trinajstić information content (AvgIpc) is 2.83. The third-order valence-corrected chi connectivity index (χ3v) is 4.09. The van der Waals surface area contributed by atoms with Gasteiger partial charge in [0.05, 0.1) is 10.2 Å². The van der Waals surface area contributed by atoms with Crippen LogP contribution in [0.4, 0.5) is 10.1 Å². The Hall–Kier alpha value is -1.38. The van der Waals surface area contributed by atoms with E-state index in [1.54, 1.807) is 0 Å². The molecule has 19 heavy (non-hydrogen) atoms. The molecule has 1 aromatic carbocycles. The Morgan fingerprint density at radius 3 is 2.63 bits per heavy atom. The summed E-state index contributed by atoms with van der Waals surface area (Å²) in [5, 5.41) is 8.49. The Kier molecular flexibility index (Phi) is 3.93. The molecule has 0 saturated heterocycles. The topological polar surface area (TPSA) is 79.5 Å². The van der Waals surface area contributed by atoms with E-state index in [1.165, 1.54) is 24.3 Å². The summed E-state index contributed by atoms with van der Waals surface area (Å²) in [6.45, 7) is -0.391. The maximum atomic E-state index is 13.0. The van der Waals surface area contributed by atoms with Crippen LogP contribution in [0.1, 0.15) is 5.76 Å². The molecule has 1 aromatic heterocycles. The highest BCUT2D eigenvalue weighted by molar-refractivity contribution is 9.10. The lowest BCUT2D eigenvalue weighted by molar-refractivity contribution is 0.236. The molecule has 2 rings (SSSR count). The standard InChI is InChI=1S/C11H9BrFNO4S/c12-9-5-7(1-3-10(9)13)14-19(16,17)11-4-2-8(6-15)18-11/h1-5,14-15H,6H2. The van der Waals surface area contributed by atoms with Crippen LogP contribution < -0.4 is 4.72 Å². The highest BCUT2D eigenvalue weighted by atomic mass is 79.9. The molecule has 0 spiro atoms. The third kappa shape index (κ3) is 3.14. The van der Waals surface area contributed by atoms with Gasteiger partial charge in [-0.15, -0.1) is 0 Å². The zero-order valence-electron chi connectivity index (χ0n) is 9.43. The lowest BCUT2D eigenvalue weighted by atomic mass is 10.3. The Bertz CT molecular complexity index is 698. The number of aliphatic hydroxyl groups is 1. The van der Waals surface area contributed by atoms with Crippen LogP contribution >= 0.6 is 15.9 Å². The molecule has 1 heterocycles. The largest absolute Gasteiger partial charge is 0.445 e. The zero-order valence-corrected chi connectivity index (χ0v) is 11.8. The van der Waals surface area contributed by atoms with Gasteiger partial charge >= 0.3 is 0 Å². The third-order valence-electron chi connectivity index (χ3n) is 2.23. The van der Waals surface area contributed by atoms with E-state index in [0.29, 0.717) is 0 Å². The lowest BCUT2D eigenvalue weighted by Crippen LogP contribution is -2.12. The van der Waals surface area contributed by atoms with Gasteiger partial charge in [-0.25, -0.2) is 4.39 Å². The summed E-state index contributed by atoms with van der Waals surface area (Å²) in [4.78, 5) is 0. The predicted octanol–water partition coefficient (Wildman–Crippen LogP) is 2.47. The Balaban J connectivity index is 2.28. The van der Waals surface area contributed by atoms with Crippen LogP contribution in [0.3, 0.4) is 0 Å². The second-order valence-electron chi connectivity index (χ2n) is 3.61. The highest BCUT2D eigenvalue weighted by Gasteiger charge is 2.19. The van der Waals surface area contributed by atoms with Crippen LogP contribution in [0.25, 0.3) is 0 Å². The van der Waals surface area contributed by atoms with E-state index >= 15 is 0 Å². The second-order valence-corrected chi connectivity index (χ2v) is 6.08.